The van der Waals surface area contributed by atoms with Gasteiger partial charge in [0.25, 0.3) is 0 Å². The first-order chi connectivity index (χ1) is 5.22. The van der Waals surface area contributed by atoms with Gasteiger partial charge in [-0.05, 0) is 14.1 Å². The molecule has 1 aromatic rings. The van der Waals surface area contributed by atoms with Gasteiger partial charge in [0, 0.05) is 6.42 Å². The number of aromatic nitrogens is 3. The van der Waals surface area contributed by atoms with E-state index in [-0.39, 0.29) is 0 Å². The molecule has 0 unspecified atom stereocenters. The maximum atomic E-state index is 4.26. The van der Waals surface area contributed by atoms with Crippen molar-refractivity contribution in [2.75, 3.05) is 14.1 Å². The summed E-state index contributed by atoms with van der Waals surface area (Å²) in [5.74, 6) is 1.83. The Labute approximate surface area is 66.6 Å². The van der Waals surface area contributed by atoms with Crippen LogP contribution in [0.25, 0.3) is 0 Å². The zero-order chi connectivity index (χ0) is 8.27. The summed E-state index contributed by atoms with van der Waals surface area (Å²) < 4.78 is 0. The summed E-state index contributed by atoms with van der Waals surface area (Å²) in [5, 5.41) is 6.91. The largest absolute Gasteiger partial charge is 0.302 e. The minimum absolute atomic E-state index is 0.826. The van der Waals surface area contributed by atoms with Crippen LogP contribution in [0.2, 0.25) is 0 Å². The van der Waals surface area contributed by atoms with Gasteiger partial charge in [0.05, 0.1) is 6.54 Å². The summed E-state index contributed by atoms with van der Waals surface area (Å²) in [6.45, 7) is 2.87. The lowest BCUT2D eigenvalue weighted by molar-refractivity contribution is 0.391. The molecular formula is C7H14N4. The Morgan fingerprint density at radius 1 is 1.45 bits per heavy atom. The van der Waals surface area contributed by atoms with Crippen LogP contribution in [0.4, 0.5) is 0 Å². The van der Waals surface area contributed by atoms with Crippen molar-refractivity contribution < 1.29 is 0 Å². The zero-order valence-corrected chi connectivity index (χ0v) is 7.26. The second-order valence-electron chi connectivity index (χ2n) is 2.79. The predicted octanol–water partition coefficient (Wildman–Crippen LogP) is 0.429. The van der Waals surface area contributed by atoms with Gasteiger partial charge >= 0.3 is 0 Å². The van der Waals surface area contributed by atoms with Gasteiger partial charge in [-0.15, -0.1) is 0 Å². The molecule has 0 bridgehead atoms. The smallest absolute Gasteiger partial charge is 0.150 e. The first-order valence-electron chi connectivity index (χ1n) is 3.77. The van der Waals surface area contributed by atoms with Gasteiger partial charge in [0.2, 0.25) is 0 Å². The van der Waals surface area contributed by atoms with E-state index in [2.05, 4.69) is 20.1 Å². The lowest BCUT2D eigenvalue weighted by Crippen LogP contribution is -2.11. The fourth-order valence-corrected chi connectivity index (χ4v) is 0.863. The van der Waals surface area contributed by atoms with Crippen LogP contribution in [0.3, 0.4) is 0 Å². The molecule has 0 atom stereocenters. The fraction of sp³-hybridized carbons (Fsp3) is 0.714. The van der Waals surface area contributed by atoms with Gasteiger partial charge in [0.15, 0.2) is 0 Å². The Morgan fingerprint density at radius 2 is 2.18 bits per heavy atom. The highest BCUT2D eigenvalue weighted by Crippen LogP contribution is 1.95. The summed E-state index contributed by atoms with van der Waals surface area (Å²) in [7, 11) is 4.02. The molecule has 0 amide bonds. The van der Waals surface area contributed by atoms with Gasteiger partial charge in [-0.2, -0.15) is 5.10 Å². The molecule has 0 fully saturated rings. The van der Waals surface area contributed by atoms with Gasteiger partial charge in [-0.25, -0.2) is 4.98 Å². The van der Waals surface area contributed by atoms with Crippen LogP contribution >= 0.6 is 0 Å². The van der Waals surface area contributed by atoms with E-state index in [0.29, 0.717) is 0 Å². The number of nitrogens with one attached hydrogen (secondary N) is 1. The van der Waals surface area contributed by atoms with Crippen molar-refractivity contribution in [2.24, 2.45) is 0 Å². The van der Waals surface area contributed by atoms with Gasteiger partial charge in [0.1, 0.15) is 11.6 Å². The van der Waals surface area contributed by atoms with E-state index >= 15 is 0 Å². The summed E-state index contributed by atoms with van der Waals surface area (Å²) >= 11 is 0. The second kappa shape index (κ2) is 3.48. The van der Waals surface area contributed by atoms with Crippen LogP contribution in [0.1, 0.15) is 18.6 Å². The topological polar surface area (TPSA) is 44.8 Å². The lowest BCUT2D eigenvalue weighted by Gasteiger charge is -2.04. The Hall–Kier alpha value is -0.900. The summed E-state index contributed by atoms with van der Waals surface area (Å²) in [5.41, 5.74) is 0. The summed E-state index contributed by atoms with van der Waals surface area (Å²) in [6, 6.07) is 0. The van der Waals surface area contributed by atoms with Gasteiger partial charge in [-0.1, -0.05) is 6.92 Å². The first kappa shape index (κ1) is 8.20. The predicted molar refractivity (Wildman–Crippen MR) is 43.2 cm³/mol. The molecule has 0 saturated heterocycles. The molecule has 11 heavy (non-hydrogen) atoms. The molecule has 4 heteroatoms. The lowest BCUT2D eigenvalue weighted by atomic mass is 10.5. The van der Waals surface area contributed by atoms with Crippen LogP contribution in [0.5, 0.6) is 0 Å². The second-order valence-corrected chi connectivity index (χ2v) is 2.79. The van der Waals surface area contributed by atoms with Crippen molar-refractivity contribution in [1.29, 1.82) is 0 Å². The van der Waals surface area contributed by atoms with Crippen LogP contribution < -0.4 is 0 Å². The number of aryl methyl sites for hydroxylation is 1. The van der Waals surface area contributed by atoms with E-state index < -0.39 is 0 Å². The van der Waals surface area contributed by atoms with Gasteiger partial charge < -0.3 is 4.90 Å². The van der Waals surface area contributed by atoms with E-state index in [1.165, 1.54) is 0 Å². The van der Waals surface area contributed by atoms with Crippen LogP contribution in [-0.2, 0) is 13.0 Å². The molecule has 4 nitrogen and oxygen atoms in total. The van der Waals surface area contributed by atoms with E-state index in [1.807, 2.05) is 21.0 Å². The standard InChI is InChI=1S/C7H14N4/c1-4-6-8-7(10-9-6)5-11(2)3/h4-5H2,1-3H3,(H,8,9,10). The van der Waals surface area contributed by atoms with Crippen molar-refractivity contribution in [1.82, 2.24) is 20.1 Å². The number of nitrogens with zero attached hydrogens (tertiary/aromatic N) is 3. The molecular weight excluding hydrogens is 140 g/mol. The van der Waals surface area contributed by atoms with E-state index in [0.717, 1.165) is 24.6 Å². The average Bonchev–Trinajstić information content (AvgIpc) is 2.34. The van der Waals surface area contributed by atoms with Crippen molar-refractivity contribution >= 4 is 0 Å². The van der Waals surface area contributed by atoms with Crippen LogP contribution in [0.15, 0.2) is 0 Å². The number of H-pyrrole nitrogens is 1. The minimum atomic E-state index is 0.826. The third-order valence-electron chi connectivity index (χ3n) is 1.36. The van der Waals surface area contributed by atoms with Crippen molar-refractivity contribution in [2.45, 2.75) is 19.9 Å². The highest BCUT2D eigenvalue weighted by molar-refractivity contribution is 4.88. The Kier molecular flexibility index (Phi) is 2.59. The molecule has 0 aliphatic carbocycles. The van der Waals surface area contributed by atoms with Gasteiger partial charge in [-0.3, -0.25) is 5.10 Å². The van der Waals surface area contributed by atoms with Crippen molar-refractivity contribution in [3.05, 3.63) is 11.6 Å². The number of hydrogen-bond acceptors (Lipinski definition) is 3. The maximum Gasteiger partial charge on any atom is 0.150 e. The molecule has 0 aromatic carbocycles. The van der Waals surface area contributed by atoms with E-state index in [4.69, 9.17) is 0 Å². The molecule has 1 rings (SSSR count). The first-order valence-corrected chi connectivity index (χ1v) is 3.77. The number of rotatable bonds is 3. The number of aromatic amines is 1. The molecule has 1 heterocycles. The molecule has 0 saturated carbocycles. The molecule has 62 valence electrons. The van der Waals surface area contributed by atoms with Crippen LogP contribution in [0, 0.1) is 0 Å². The highest BCUT2D eigenvalue weighted by Gasteiger charge is 2.00. The molecule has 0 aliphatic heterocycles. The van der Waals surface area contributed by atoms with Crippen molar-refractivity contribution in [3.8, 4) is 0 Å². The average molecular weight is 154 g/mol. The molecule has 0 radical (unpaired) electrons. The molecule has 0 aliphatic rings. The molecule has 1 N–H and O–H groups in total. The van der Waals surface area contributed by atoms with Crippen molar-refractivity contribution in [3.63, 3.8) is 0 Å². The molecule has 1 aromatic heterocycles. The summed E-state index contributed by atoms with van der Waals surface area (Å²) in [6.07, 6.45) is 0.893. The Balaban J connectivity index is 2.58. The van der Waals surface area contributed by atoms with Crippen LogP contribution in [-0.4, -0.2) is 34.2 Å². The quantitative estimate of drug-likeness (QED) is 0.686. The normalized spacial score (nSPS) is 10.9. The summed E-state index contributed by atoms with van der Waals surface area (Å²) in [4.78, 5) is 6.32. The van der Waals surface area contributed by atoms with E-state index in [9.17, 15) is 0 Å². The maximum absolute atomic E-state index is 4.26. The SMILES string of the molecule is CCc1n[nH]c(CN(C)C)n1. The monoisotopic (exact) mass is 154 g/mol. The third-order valence-corrected chi connectivity index (χ3v) is 1.36. The number of hydrogen-bond donors (Lipinski definition) is 1. The molecule has 0 spiro atoms. The highest BCUT2D eigenvalue weighted by atomic mass is 15.2. The third kappa shape index (κ3) is 2.31. The zero-order valence-electron chi connectivity index (χ0n) is 7.26. The minimum Gasteiger partial charge on any atom is -0.302 e. The Morgan fingerprint density at radius 3 is 2.64 bits per heavy atom. The van der Waals surface area contributed by atoms with E-state index in [1.54, 1.807) is 0 Å². The fourth-order valence-electron chi connectivity index (χ4n) is 0.863. The Bertz CT molecular complexity index is 216.